The summed E-state index contributed by atoms with van der Waals surface area (Å²) >= 11 is 5.79. The van der Waals surface area contributed by atoms with E-state index < -0.39 is 5.85 Å². The molecule has 1 aromatic carbocycles. The van der Waals surface area contributed by atoms with Gasteiger partial charge in [-0.1, -0.05) is 23.7 Å². The lowest BCUT2D eigenvalue weighted by Gasteiger charge is -2.10. The van der Waals surface area contributed by atoms with Crippen molar-refractivity contribution >= 4 is 17.7 Å². The van der Waals surface area contributed by atoms with Crippen LogP contribution in [0.3, 0.4) is 0 Å². The summed E-state index contributed by atoms with van der Waals surface area (Å²) in [5.74, 6) is -1.57. The number of fused-ring (bicyclic) bond motifs is 3. The first-order valence-corrected chi connectivity index (χ1v) is 4.43. The summed E-state index contributed by atoms with van der Waals surface area (Å²) in [6.45, 7) is 0. The Kier molecular flexibility index (Phi) is 1.24. The van der Waals surface area contributed by atoms with E-state index in [1.807, 2.05) is 6.08 Å². The maximum atomic E-state index is 13.8. The Morgan fingerprint density at radius 2 is 2.31 bits per heavy atom. The zero-order valence-electron chi connectivity index (χ0n) is 6.63. The van der Waals surface area contributed by atoms with Crippen LogP contribution in [0.5, 0.6) is 0 Å². The Labute approximate surface area is 79.8 Å². The Morgan fingerprint density at radius 3 is 3.15 bits per heavy atom. The molecule has 1 saturated heterocycles. The van der Waals surface area contributed by atoms with E-state index in [0.29, 0.717) is 10.6 Å². The third-order valence-corrected chi connectivity index (χ3v) is 2.67. The number of epoxide rings is 1. The summed E-state index contributed by atoms with van der Waals surface area (Å²) in [7, 11) is 0. The molecule has 0 radical (unpaired) electrons. The van der Waals surface area contributed by atoms with Gasteiger partial charge in [0.15, 0.2) is 0 Å². The summed E-state index contributed by atoms with van der Waals surface area (Å²) in [4.78, 5) is 0. The highest BCUT2D eigenvalue weighted by Gasteiger charge is 2.60. The van der Waals surface area contributed by atoms with E-state index in [1.165, 1.54) is 0 Å². The quantitative estimate of drug-likeness (QED) is 0.582. The molecule has 1 nitrogen and oxygen atoms in total. The van der Waals surface area contributed by atoms with Crippen molar-refractivity contribution in [2.75, 3.05) is 0 Å². The molecule has 1 aliphatic heterocycles. The van der Waals surface area contributed by atoms with Crippen molar-refractivity contribution in [3.63, 3.8) is 0 Å². The standard InChI is InChI=1S/C10H6ClFO/c11-7-2-3-8-6(5-7)1-4-9-10(8,12)13-9/h1-5,9H. The lowest BCUT2D eigenvalue weighted by molar-refractivity contribution is 0.141. The summed E-state index contributed by atoms with van der Waals surface area (Å²) in [5, 5.41) is 0.617. The molecule has 1 aliphatic carbocycles. The summed E-state index contributed by atoms with van der Waals surface area (Å²) in [6.07, 6.45) is 3.18. The molecule has 2 aliphatic rings. The van der Waals surface area contributed by atoms with E-state index in [4.69, 9.17) is 16.3 Å². The van der Waals surface area contributed by atoms with Crippen molar-refractivity contribution in [3.8, 4) is 0 Å². The van der Waals surface area contributed by atoms with Gasteiger partial charge in [-0.05, 0) is 23.8 Å². The Hall–Kier alpha value is -0.860. The summed E-state index contributed by atoms with van der Waals surface area (Å²) in [6, 6.07) is 5.10. The molecule has 13 heavy (non-hydrogen) atoms. The van der Waals surface area contributed by atoms with E-state index in [9.17, 15) is 4.39 Å². The molecule has 0 saturated carbocycles. The Balaban J connectivity index is 2.24. The zero-order valence-corrected chi connectivity index (χ0v) is 7.38. The highest BCUT2D eigenvalue weighted by atomic mass is 35.5. The van der Waals surface area contributed by atoms with Gasteiger partial charge in [-0.2, -0.15) is 0 Å². The van der Waals surface area contributed by atoms with E-state index in [2.05, 4.69) is 0 Å². The second kappa shape index (κ2) is 2.14. The van der Waals surface area contributed by atoms with Crippen LogP contribution >= 0.6 is 11.6 Å². The van der Waals surface area contributed by atoms with Crippen LogP contribution < -0.4 is 0 Å². The molecule has 0 aromatic heterocycles. The largest absolute Gasteiger partial charge is 0.326 e. The second-order valence-electron chi connectivity index (χ2n) is 3.27. The van der Waals surface area contributed by atoms with Gasteiger partial charge < -0.3 is 4.74 Å². The molecule has 3 rings (SSSR count). The van der Waals surface area contributed by atoms with Crippen molar-refractivity contribution in [2.45, 2.75) is 12.0 Å². The van der Waals surface area contributed by atoms with Crippen molar-refractivity contribution in [3.05, 3.63) is 40.4 Å². The fourth-order valence-electron chi connectivity index (χ4n) is 1.70. The van der Waals surface area contributed by atoms with Gasteiger partial charge in [-0.25, -0.2) is 4.39 Å². The van der Waals surface area contributed by atoms with E-state index in [1.54, 1.807) is 24.3 Å². The van der Waals surface area contributed by atoms with Gasteiger partial charge in [0.25, 0.3) is 5.85 Å². The lowest BCUT2D eigenvalue weighted by Crippen LogP contribution is -2.09. The first-order chi connectivity index (χ1) is 6.20. The van der Waals surface area contributed by atoms with Crippen LogP contribution in [0.1, 0.15) is 11.1 Å². The molecule has 2 unspecified atom stereocenters. The Bertz CT molecular complexity index is 415. The minimum absolute atomic E-state index is 0.388. The van der Waals surface area contributed by atoms with Gasteiger partial charge >= 0.3 is 0 Å². The first-order valence-electron chi connectivity index (χ1n) is 4.05. The van der Waals surface area contributed by atoms with Gasteiger partial charge in [0.05, 0.1) is 0 Å². The highest BCUT2D eigenvalue weighted by molar-refractivity contribution is 6.30. The van der Waals surface area contributed by atoms with Gasteiger partial charge in [0.1, 0.15) is 6.10 Å². The zero-order chi connectivity index (χ0) is 9.05. The Morgan fingerprint density at radius 1 is 1.46 bits per heavy atom. The van der Waals surface area contributed by atoms with Crippen LogP contribution in [0, 0.1) is 0 Å². The molecule has 1 heterocycles. The SMILES string of the molecule is FC12OC1C=Cc1cc(Cl)ccc12. The average molecular weight is 197 g/mol. The van der Waals surface area contributed by atoms with Crippen LogP contribution in [-0.4, -0.2) is 6.10 Å². The molecule has 66 valence electrons. The molecule has 0 spiro atoms. The second-order valence-corrected chi connectivity index (χ2v) is 3.71. The monoisotopic (exact) mass is 196 g/mol. The molecular weight excluding hydrogens is 191 g/mol. The molecule has 3 heteroatoms. The van der Waals surface area contributed by atoms with Crippen molar-refractivity contribution < 1.29 is 9.13 Å². The van der Waals surface area contributed by atoms with Crippen molar-refractivity contribution in [1.82, 2.24) is 0 Å². The van der Waals surface area contributed by atoms with Crippen molar-refractivity contribution in [1.29, 1.82) is 0 Å². The molecule has 1 fully saturated rings. The third kappa shape index (κ3) is 0.901. The molecule has 0 N–H and O–H groups in total. The smallest absolute Gasteiger partial charge is 0.267 e. The lowest BCUT2D eigenvalue weighted by atomic mass is 9.96. The number of alkyl halides is 1. The third-order valence-electron chi connectivity index (χ3n) is 2.44. The van der Waals surface area contributed by atoms with Crippen LogP contribution in [0.15, 0.2) is 24.3 Å². The number of halogens is 2. The number of benzene rings is 1. The molecule has 1 aromatic rings. The van der Waals surface area contributed by atoms with Gasteiger partial charge in [-0.15, -0.1) is 0 Å². The molecule has 0 amide bonds. The average Bonchev–Trinajstić information content (AvgIpc) is 2.76. The first kappa shape index (κ1) is 7.54. The highest BCUT2D eigenvalue weighted by Crippen LogP contribution is 2.52. The maximum absolute atomic E-state index is 13.8. The minimum Gasteiger partial charge on any atom is -0.326 e. The van der Waals surface area contributed by atoms with Crippen molar-refractivity contribution in [2.24, 2.45) is 0 Å². The number of hydrogen-bond acceptors (Lipinski definition) is 1. The molecular formula is C10H6ClFO. The number of rotatable bonds is 0. The van der Waals surface area contributed by atoms with Gasteiger partial charge in [0.2, 0.25) is 0 Å². The van der Waals surface area contributed by atoms with E-state index in [0.717, 1.165) is 5.56 Å². The number of ether oxygens (including phenoxy) is 1. The topological polar surface area (TPSA) is 12.5 Å². The predicted octanol–water partition coefficient (Wildman–Crippen LogP) is 2.89. The fraction of sp³-hybridized carbons (Fsp3) is 0.200. The predicted molar refractivity (Wildman–Crippen MR) is 48.1 cm³/mol. The van der Waals surface area contributed by atoms with Crippen LogP contribution in [-0.2, 0) is 10.6 Å². The maximum Gasteiger partial charge on any atom is 0.267 e. The molecule has 2 atom stereocenters. The summed E-state index contributed by atoms with van der Waals surface area (Å²) in [5.41, 5.74) is 1.40. The molecule has 0 bridgehead atoms. The fourth-order valence-corrected chi connectivity index (χ4v) is 1.88. The van der Waals surface area contributed by atoms with E-state index in [-0.39, 0.29) is 6.10 Å². The minimum atomic E-state index is -1.57. The van der Waals surface area contributed by atoms with E-state index >= 15 is 0 Å². The van der Waals surface area contributed by atoms with Crippen LogP contribution in [0.2, 0.25) is 5.02 Å². The normalized spacial score (nSPS) is 33.8. The van der Waals surface area contributed by atoms with Crippen LogP contribution in [0.4, 0.5) is 4.39 Å². The summed E-state index contributed by atoms with van der Waals surface area (Å²) < 4.78 is 18.7. The van der Waals surface area contributed by atoms with Crippen LogP contribution in [0.25, 0.3) is 6.08 Å². The van der Waals surface area contributed by atoms with Gasteiger partial charge in [-0.3, -0.25) is 0 Å². The number of hydrogen-bond donors (Lipinski definition) is 0. The van der Waals surface area contributed by atoms with Gasteiger partial charge in [0, 0.05) is 10.6 Å².